The summed E-state index contributed by atoms with van der Waals surface area (Å²) in [4.78, 5) is 8.52. The predicted molar refractivity (Wildman–Crippen MR) is 93.5 cm³/mol. The molecule has 1 heterocycles. The van der Waals surface area contributed by atoms with Crippen LogP contribution in [-0.2, 0) is 12.7 Å². The van der Waals surface area contributed by atoms with Gasteiger partial charge in [0.25, 0.3) is 0 Å². The quantitative estimate of drug-likeness (QED) is 0.478. The van der Waals surface area contributed by atoms with Gasteiger partial charge in [0, 0.05) is 45.8 Å². The van der Waals surface area contributed by atoms with Crippen molar-refractivity contribution >= 4 is 5.96 Å². The van der Waals surface area contributed by atoms with Gasteiger partial charge < -0.3 is 15.5 Å². The topological polar surface area (TPSA) is 42.9 Å². The minimum absolute atomic E-state index is 0.0311. The SMILES string of the molecule is CN=C(NCc1ccc(F)cc1C(F)(F)F)NCC1CN(C)CCN1C. The van der Waals surface area contributed by atoms with E-state index in [2.05, 4.69) is 32.5 Å². The zero-order chi connectivity index (χ0) is 19.3. The molecule has 0 aliphatic carbocycles. The van der Waals surface area contributed by atoms with Gasteiger partial charge in [0.1, 0.15) is 5.82 Å². The molecular weight excluding hydrogens is 350 g/mol. The molecule has 9 heteroatoms. The van der Waals surface area contributed by atoms with Gasteiger partial charge in [-0.05, 0) is 31.8 Å². The van der Waals surface area contributed by atoms with Crippen molar-refractivity contribution in [2.75, 3.05) is 47.3 Å². The van der Waals surface area contributed by atoms with Crippen LogP contribution in [0.3, 0.4) is 0 Å². The Hall–Kier alpha value is -1.87. The van der Waals surface area contributed by atoms with Crippen molar-refractivity contribution in [3.05, 3.63) is 35.1 Å². The average Bonchev–Trinajstić information content (AvgIpc) is 2.58. The van der Waals surface area contributed by atoms with Gasteiger partial charge in [-0.15, -0.1) is 0 Å². The van der Waals surface area contributed by atoms with Crippen molar-refractivity contribution in [2.24, 2.45) is 4.99 Å². The number of nitrogens with zero attached hydrogens (tertiary/aromatic N) is 3. The largest absolute Gasteiger partial charge is 0.416 e. The van der Waals surface area contributed by atoms with Crippen LogP contribution in [0.4, 0.5) is 17.6 Å². The van der Waals surface area contributed by atoms with Crippen LogP contribution in [0.5, 0.6) is 0 Å². The van der Waals surface area contributed by atoms with Crippen molar-refractivity contribution in [2.45, 2.75) is 18.8 Å². The van der Waals surface area contributed by atoms with E-state index in [4.69, 9.17) is 0 Å². The fourth-order valence-corrected chi connectivity index (χ4v) is 2.90. The molecule has 1 aromatic carbocycles. The van der Waals surface area contributed by atoms with Gasteiger partial charge in [0.05, 0.1) is 5.56 Å². The lowest BCUT2D eigenvalue weighted by molar-refractivity contribution is -0.138. The zero-order valence-corrected chi connectivity index (χ0v) is 15.2. The molecule has 0 spiro atoms. The van der Waals surface area contributed by atoms with Gasteiger partial charge in [-0.1, -0.05) is 6.07 Å². The molecule has 0 bridgehead atoms. The summed E-state index contributed by atoms with van der Waals surface area (Å²) in [5.74, 6) is -0.503. The van der Waals surface area contributed by atoms with Crippen LogP contribution in [0, 0.1) is 5.82 Å². The molecule has 2 N–H and O–H groups in total. The third kappa shape index (κ3) is 5.57. The zero-order valence-electron chi connectivity index (χ0n) is 15.2. The first-order valence-electron chi connectivity index (χ1n) is 8.39. The standard InChI is InChI=1S/C17H25F4N5/c1-22-16(24-10-14-11-25(2)6-7-26(14)3)23-9-12-4-5-13(18)8-15(12)17(19,20)21/h4-5,8,14H,6-7,9-11H2,1-3H3,(H2,22,23,24). The number of halogens is 4. The van der Waals surface area contributed by atoms with Gasteiger partial charge in [-0.25, -0.2) is 4.39 Å². The Balaban J connectivity index is 1.95. The number of nitrogens with one attached hydrogen (secondary N) is 2. The van der Waals surface area contributed by atoms with Crippen molar-refractivity contribution in [3.63, 3.8) is 0 Å². The minimum atomic E-state index is -4.61. The maximum atomic E-state index is 13.2. The summed E-state index contributed by atoms with van der Waals surface area (Å²) in [6, 6.07) is 2.96. The normalized spacial score (nSPS) is 20.3. The molecule has 5 nitrogen and oxygen atoms in total. The first-order valence-corrected chi connectivity index (χ1v) is 8.39. The lowest BCUT2D eigenvalue weighted by atomic mass is 10.1. The fourth-order valence-electron chi connectivity index (χ4n) is 2.90. The van der Waals surface area contributed by atoms with Crippen molar-refractivity contribution in [1.82, 2.24) is 20.4 Å². The third-order valence-electron chi connectivity index (χ3n) is 4.53. The Labute approximate surface area is 151 Å². The van der Waals surface area contributed by atoms with E-state index < -0.39 is 17.6 Å². The number of benzene rings is 1. The monoisotopic (exact) mass is 375 g/mol. The van der Waals surface area contributed by atoms with Crippen LogP contribution in [0.1, 0.15) is 11.1 Å². The molecule has 1 atom stereocenters. The van der Waals surface area contributed by atoms with E-state index in [0.717, 1.165) is 31.8 Å². The lowest BCUT2D eigenvalue weighted by Crippen LogP contribution is -2.55. The van der Waals surface area contributed by atoms with Gasteiger partial charge in [-0.2, -0.15) is 13.2 Å². The summed E-state index contributed by atoms with van der Waals surface area (Å²) in [6.45, 7) is 3.38. The lowest BCUT2D eigenvalue weighted by Gasteiger charge is -2.37. The molecule has 1 aliphatic rings. The van der Waals surface area contributed by atoms with Gasteiger partial charge in [0.2, 0.25) is 0 Å². The predicted octanol–water partition coefficient (Wildman–Crippen LogP) is 1.76. The van der Waals surface area contributed by atoms with E-state index in [9.17, 15) is 17.6 Å². The van der Waals surface area contributed by atoms with E-state index in [0.29, 0.717) is 18.6 Å². The van der Waals surface area contributed by atoms with Crippen LogP contribution in [0.25, 0.3) is 0 Å². The van der Waals surface area contributed by atoms with E-state index in [1.807, 2.05) is 7.05 Å². The average molecular weight is 375 g/mol. The molecule has 1 aromatic rings. The number of alkyl halides is 3. The molecule has 0 radical (unpaired) electrons. The van der Waals surface area contributed by atoms with Gasteiger partial charge >= 0.3 is 6.18 Å². The Morgan fingerprint density at radius 1 is 1.23 bits per heavy atom. The summed E-state index contributed by atoms with van der Waals surface area (Å²) < 4.78 is 52.3. The summed E-state index contributed by atoms with van der Waals surface area (Å²) in [5, 5.41) is 6.01. The maximum absolute atomic E-state index is 13.2. The van der Waals surface area contributed by atoms with E-state index in [-0.39, 0.29) is 18.2 Å². The Morgan fingerprint density at radius 3 is 2.62 bits per heavy atom. The maximum Gasteiger partial charge on any atom is 0.416 e. The molecule has 0 amide bonds. The highest BCUT2D eigenvalue weighted by atomic mass is 19.4. The summed E-state index contributed by atoms with van der Waals surface area (Å²) in [7, 11) is 5.66. The van der Waals surface area contributed by atoms with Crippen LogP contribution in [0.2, 0.25) is 0 Å². The molecule has 1 unspecified atom stereocenters. The Morgan fingerprint density at radius 2 is 1.96 bits per heavy atom. The summed E-state index contributed by atoms with van der Waals surface area (Å²) in [5.41, 5.74) is -1.01. The van der Waals surface area contributed by atoms with Gasteiger partial charge in [-0.3, -0.25) is 9.89 Å². The second kappa shape index (κ2) is 8.68. The van der Waals surface area contributed by atoms with E-state index in [1.54, 1.807) is 7.05 Å². The Bertz CT molecular complexity index is 632. The third-order valence-corrected chi connectivity index (χ3v) is 4.53. The number of likely N-dealkylation sites (N-methyl/N-ethyl adjacent to an activating group) is 2. The fraction of sp³-hybridized carbons (Fsp3) is 0.588. The van der Waals surface area contributed by atoms with Crippen molar-refractivity contribution in [3.8, 4) is 0 Å². The molecule has 1 saturated heterocycles. The van der Waals surface area contributed by atoms with Crippen LogP contribution < -0.4 is 10.6 Å². The molecule has 0 saturated carbocycles. The molecule has 1 fully saturated rings. The summed E-state index contributed by atoms with van der Waals surface area (Å²) >= 11 is 0. The number of hydrogen-bond donors (Lipinski definition) is 2. The first-order chi connectivity index (χ1) is 12.2. The molecule has 146 valence electrons. The smallest absolute Gasteiger partial charge is 0.355 e. The number of piperazine rings is 1. The number of aliphatic imine (C=N–C) groups is 1. The highest BCUT2D eigenvalue weighted by Gasteiger charge is 2.33. The number of rotatable bonds is 4. The van der Waals surface area contributed by atoms with Crippen LogP contribution >= 0.6 is 0 Å². The van der Waals surface area contributed by atoms with Crippen molar-refractivity contribution < 1.29 is 17.6 Å². The number of hydrogen-bond acceptors (Lipinski definition) is 3. The van der Waals surface area contributed by atoms with E-state index >= 15 is 0 Å². The highest BCUT2D eigenvalue weighted by Crippen LogP contribution is 2.32. The number of guanidine groups is 1. The van der Waals surface area contributed by atoms with E-state index in [1.165, 1.54) is 0 Å². The second-order valence-corrected chi connectivity index (χ2v) is 6.50. The summed E-state index contributed by atoms with van der Waals surface area (Å²) in [6.07, 6.45) is -4.61. The molecule has 1 aliphatic heterocycles. The molecule has 0 aromatic heterocycles. The highest BCUT2D eigenvalue weighted by molar-refractivity contribution is 5.79. The minimum Gasteiger partial charge on any atom is -0.355 e. The molecular formula is C17H25F4N5. The van der Waals surface area contributed by atoms with Gasteiger partial charge in [0.15, 0.2) is 5.96 Å². The van der Waals surface area contributed by atoms with Crippen LogP contribution in [-0.4, -0.2) is 69.1 Å². The van der Waals surface area contributed by atoms with Crippen LogP contribution in [0.15, 0.2) is 23.2 Å². The molecule has 26 heavy (non-hydrogen) atoms. The first kappa shape index (κ1) is 20.4. The second-order valence-electron chi connectivity index (χ2n) is 6.50. The van der Waals surface area contributed by atoms with Crippen molar-refractivity contribution in [1.29, 1.82) is 0 Å². The Kier molecular flexibility index (Phi) is 6.82. The molecule has 2 rings (SSSR count).